The average Bonchev–Trinajstić information content (AvgIpc) is 2.75. The van der Waals surface area contributed by atoms with Crippen molar-refractivity contribution in [3.8, 4) is 5.75 Å². The summed E-state index contributed by atoms with van der Waals surface area (Å²) in [6.45, 7) is 2.09. The van der Waals surface area contributed by atoms with Gasteiger partial charge in [0.15, 0.2) is 0 Å². The van der Waals surface area contributed by atoms with Crippen LogP contribution in [0.4, 0.5) is 5.69 Å². The summed E-state index contributed by atoms with van der Waals surface area (Å²) in [6, 6.07) is 14.9. The summed E-state index contributed by atoms with van der Waals surface area (Å²) in [6.07, 6.45) is 2.06. The second-order valence-corrected chi connectivity index (χ2v) is 7.48. The highest BCUT2D eigenvalue weighted by molar-refractivity contribution is 6.30. The fourth-order valence-electron chi connectivity index (χ4n) is 3.37. The molecule has 2 aromatic carbocycles. The van der Waals surface area contributed by atoms with E-state index in [1.165, 1.54) is 5.69 Å². The second-order valence-electron chi connectivity index (χ2n) is 7.04. The molecule has 0 spiro atoms. The number of hydrogen-bond acceptors (Lipinski definition) is 4. The van der Waals surface area contributed by atoms with Gasteiger partial charge >= 0.3 is 0 Å². The van der Waals surface area contributed by atoms with E-state index in [1.54, 1.807) is 31.4 Å². The lowest BCUT2D eigenvalue weighted by Gasteiger charge is -2.34. The Hall–Kier alpha value is -2.73. The van der Waals surface area contributed by atoms with Gasteiger partial charge < -0.3 is 20.3 Å². The van der Waals surface area contributed by atoms with Gasteiger partial charge in [-0.25, -0.2) is 0 Å². The van der Waals surface area contributed by atoms with Gasteiger partial charge in [-0.3, -0.25) is 9.59 Å². The van der Waals surface area contributed by atoms with Crippen LogP contribution >= 0.6 is 11.6 Å². The number of amides is 2. The standard InChI is InChI=1S/C22H26ClN3O3/c1-29-20-8-6-19(7-9-20)26-14-11-18(12-15-26)25-21(27)10-13-24-22(28)16-2-4-17(23)5-3-16/h2-9,18H,10-15H2,1H3,(H,24,28)(H,25,27). The zero-order chi connectivity index (χ0) is 20.6. The molecule has 154 valence electrons. The molecule has 0 radical (unpaired) electrons. The van der Waals surface area contributed by atoms with Gasteiger partial charge in [-0.2, -0.15) is 0 Å². The van der Waals surface area contributed by atoms with Gasteiger partial charge in [0.2, 0.25) is 5.91 Å². The fraction of sp³-hybridized carbons (Fsp3) is 0.364. The predicted molar refractivity (Wildman–Crippen MR) is 115 cm³/mol. The summed E-state index contributed by atoms with van der Waals surface area (Å²) in [5, 5.41) is 6.42. The highest BCUT2D eigenvalue weighted by Crippen LogP contribution is 2.22. The topological polar surface area (TPSA) is 70.7 Å². The number of anilines is 1. The Labute approximate surface area is 176 Å². The minimum atomic E-state index is -0.206. The number of rotatable bonds is 7. The summed E-state index contributed by atoms with van der Waals surface area (Å²) in [7, 11) is 1.66. The molecule has 2 amide bonds. The number of nitrogens with zero attached hydrogens (tertiary/aromatic N) is 1. The van der Waals surface area contributed by atoms with Crippen molar-refractivity contribution >= 4 is 29.1 Å². The number of hydrogen-bond donors (Lipinski definition) is 2. The van der Waals surface area contributed by atoms with Crippen LogP contribution in [0.15, 0.2) is 48.5 Å². The fourth-order valence-corrected chi connectivity index (χ4v) is 3.49. The quantitative estimate of drug-likeness (QED) is 0.728. The van der Waals surface area contributed by atoms with Crippen molar-refractivity contribution in [1.29, 1.82) is 0 Å². The number of carbonyl (C=O) groups is 2. The minimum Gasteiger partial charge on any atom is -0.497 e. The Morgan fingerprint density at radius 3 is 2.34 bits per heavy atom. The molecule has 6 nitrogen and oxygen atoms in total. The van der Waals surface area contributed by atoms with Crippen LogP contribution < -0.4 is 20.3 Å². The number of nitrogens with one attached hydrogen (secondary N) is 2. The van der Waals surface area contributed by atoms with E-state index in [1.807, 2.05) is 12.1 Å². The van der Waals surface area contributed by atoms with Gasteiger partial charge in [0, 0.05) is 48.4 Å². The molecule has 1 saturated heterocycles. The third-order valence-corrected chi connectivity index (χ3v) is 5.29. The van der Waals surface area contributed by atoms with Gasteiger partial charge in [-0.1, -0.05) is 11.6 Å². The highest BCUT2D eigenvalue weighted by atomic mass is 35.5. The molecule has 2 N–H and O–H groups in total. The molecule has 2 aromatic rings. The van der Waals surface area contributed by atoms with Crippen molar-refractivity contribution in [3.05, 3.63) is 59.1 Å². The van der Waals surface area contributed by atoms with Gasteiger partial charge in [-0.05, 0) is 61.4 Å². The Morgan fingerprint density at radius 1 is 1.07 bits per heavy atom. The summed E-state index contributed by atoms with van der Waals surface area (Å²) in [5.74, 6) is 0.602. The molecule has 1 aliphatic heterocycles. The third kappa shape index (κ3) is 6.12. The summed E-state index contributed by atoms with van der Waals surface area (Å²) < 4.78 is 5.20. The lowest BCUT2D eigenvalue weighted by Crippen LogP contribution is -2.45. The number of methoxy groups -OCH3 is 1. The molecule has 7 heteroatoms. The molecule has 0 unspecified atom stereocenters. The molecule has 0 saturated carbocycles. The van der Waals surface area contributed by atoms with Crippen LogP contribution in [0.25, 0.3) is 0 Å². The molecule has 29 heavy (non-hydrogen) atoms. The molecule has 0 atom stereocenters. The highest BCUT2D eigenvalue weighted by Gasteiger charge is 2.21. The minimum absolute atomic E-state index is 0.0377. The first kappa shape index (κ1) is 21.0. The van der Waals surface area contributed by atoms with Gasteiger partial charge in [0.1, 0.15) is 5.75 Å². The lowest BCUT2D eigenvalue weighted by atomic mass is 10.0. The molecule has 0 aromatic heterocycles. The van der Waals surface area contributed by atoms with Crippen molar-refractivity contribution in [2.45, 2.75) is 25.3 Å². The maximum Gasteiger partial charge on any atom is 0.251 e. The molecular formula is C22H26ClN3O3. The van der Waals surface area contributed by atoms with Gasteiger partial charge in [0.05, 0.1) is 7.11 Å². The van der Waals surface area contributed by atoms with Crippen LogP contribution in [0.2, 0.25) is 5.02 Å². The maximum absolute atomic E-state index is 12.2. The van der Waals surface area contributed by atoms with Crippen LogP contribution in [-0.4, -0.2) is 44.6 Å². The van der Waals surface area contributed by atoms with Crippen molar-refractivity contribution in [1.82, 2.24) is 10.6 Å². The largest absolute Gasteiger partial charge is 0.497 e. The molecular weight excluding hydrogens is 390 g/mol. The van der Waals surface area contributed by atoms with Crippen LogP contribution in [-0.2, 0) is 4.79 Å². The van der Waals surface area contributed by atoms with E-state index in [0.717, 1.165) is 31.7 Å². The first-order valence-electron chi connectivity index (χ1n) is 9.77. The predicted octanol–water partition coefficient (Wildman–Crippen LogP) is 3.25. The Kier molecular flexibility index (Phi) is 7.36. The van der Waals surface area contributed by atoms with E-state index in [-0.39, 0.29) is 24.3 Å². The Balaban J connectivity index is 1.36. The molecule has 1 fully saturated rings. The van der Waals surface area contributed by atoms with Crippen molar-refractivity contribution in [3.63, 3.8) is 0 Å². The molecule has 0 bridgehead atoms. The molecule has 1 aliphatic rings. The van der Waals surface area contributed by atoms with Crippen LogP contribution in [0.3, 0.4) is 0 Å². The van der Waals surface area contributed by atoms with Crippen LogP contribution in [0.5, 0.6) is 5.75 Å². The van der Waals surface area contributed by atoms with E-state index in [2.05, 4.69) is 27.7 Å². The number of benzene rings is 2. The van der Waals surface area contributed by atoms with Crippen LogP contribution in [0, 0.1) is 0 Å². The lowest BCUT2D eigenvalue weighted by molar-refractivity contribution is -0.121. The zero-order valence-electron chi connectivity index (χ0n) is 16.5. The summed E-state index contributed by atoms with van der Waals surface area (Å²) in [4.78, 5) is 26.5. The summed E-state index contributed by atoms with van der Waals surface area (Å²) in [5.41, 5.74) is 1.70. The normalized spacial score (nSPS) is 14.3. The SMILES string of the molecule is COc1ccc(N2CCC(NC(=O)CCNC(=O)c3ccc(Cl)cc3)CC2)cc1. The third-order valence-electron chi connectivity index (χ3n) is 5.04. The van der Waals surface area contributed by atoms with E-state index < -0.39 is 0 Å². The van der Waals surface area contributed by atoms with Crippen LogP contribution in [0.1, 0.15) is 29.6 Å². The van der Waals surface area contributed by atoms with Crippen molar-refractivity contribution in [2.24, 2.45) is 0 Å². The Morgan fingerprint density at radius 2 is 1.72 bits per heavy atom. The Bertz CT molecular complexity index is 816. The number of halogens is 1. The van der Waals surface area contributed by atoms with Gasteiger partial charge in [-0.15, -0.1) is 0 Å². The number of ether oxygens (including phenoxy) is 1. The van der Waals surface area contributed by atoms with E-state index in [9.17, 15) is 9.59 Å². The zero-order valence-corrected chi connectivity index (χ0v) is 17.2. The van der Waals surface area contributed by atoms with Crippen molar-refractivity contribution < 1.29 is 14.3 Å². The first-order valence-corrected chi connectivity index (χ1v) is 10.1. The molecule has 0 aliphatic carbocycles. The van der Waals surface area contributed by atoms with Gasteiger partial charge in [0.25, 0.3) is 5.91 Å². The maximum atomic E-state index is 12.2. The van der Waals surface area contributed by atoms with Crippen molar-refractivity contribution in [2.75, 3.05) is 31.6 Å². The first-order chi connectivity index (χ1) is 14.0. The molecule has 1 heterocycles. The monoisotopic (exact) mass is 415 g/mol. The van der Waals surface area contributed by atoms with E-state index >= 15 is 0 Å². The smallest absolute Gasteiger partial charge is 0.251 e. The average molecular weight is 416 g/mol. The second kappa shape index (κ2) is 10.2. The number of piperidine rings is 1. The number of carbonyl (C=O) groups excluding carboxylic acids is 2. The van der Waals surface area contributed by atoms with E-state index in [0.29, 0.717) is 17.1 Å². The summed E-state index contributed by atoms with van der Waals surface area (Å²) >= 11 is 5.82. The van der Waals surface area contributed by atoms with E-state index in [4.69, 9.17) is 16.3 Å². The molecule has 3 rings (SSSR count).